The number of nitrogens with one attached hydrogen (secondary N) is 1. The molecule has 2 amide bonds. The van der Waals surface area contributed by atoms with Gasteiger partial charge in [-0.2, -0.15) is 0 Å². The maximum atomic E-state index is 12.6. The molecule has 1 saturated heterocycles. The Labute approximate surface area is 155 Å². The minimum atomic E-state index is -0.270. The Morgan fingerprint density at radius 3 is 2.77 bits per heavy atom. The maximum Gasteiger partial charge on any atom is 0.245 e. The summed E-state index contributed by atoms with van der Waals surface area (Å²) in [5, 5.41) is 6.31. The molecule has 0 saturated carbocycles. The SMILES string of the molecule is CCCCCCCCC(=O)N(CC(=O)Nc1ccon1)CC1CCCO1. The Morgan fingerprint density at radius 2 is 2.08 bits per heavy atom. The molecule has 2 heterocycles. The van der Waals surface area contributed by atoms with E-state index in [4.69, 9.17) is 9.26 Å². The molecule has 1 aliphatic heterocycles. The second-order valence-corrected chi connectivity index (χ2v) is 6.86. The molecule has 26 heavy (non-hydrogen) atoms. The van der Waals surface area contributed by atoms with Crippen LogP contribution in [0.4, 0.5) is 5.82 Å². The molecular formula is C19H31N3O4. The highest BCUT2D eigenvalue weighted by atomic mass is 16.5. The van der Waals surface area contributed by atoms with Crippen molar-refractivity contribution in [2.75, 3.05) is 25.0 Å². The van der Waals surface area contributed by atoms with E-state index in [2.05, 4.69) is 17.4 Å². The van der Waals surface area contributed by atoms with E-state index in [9.17, 15) is 9.59 Å². The average molecular weight is 365 g/mol. The highest BCUT2D eigenvalue weighted by molar-refractivity contribution is 5.93. The van der Waals surface area contributed by atoms with Crippen LogP contribution in [0.25, 0.3) is 0 Å². The fourth-order valence-corrected chi connectivity index (χ4v) is 3.14. The second-order valence-electron chi connectivity index (χ2n) is 6.86. The Hall–Kier alpha value is -1.89. The van der Waals surface area contributed by atoms with Gasteiger partial charge in [0.2, 0.25) is 11.8 Å². The largest absolute Gasteiger partial charge is 0.376 e. The molecule has 0 aromatic carbocycles. The van der Waals surface area contributed by atoms with Gasteiger partial charge in [0.25, 0.3) is 0 Å². The van der Waals surface area contributed by atoms with Crippen LogP contribution >= 0.6 is 0 Å². The molecular weight excluding hydrogens is 334 g/mol. The quantitative estimate of drug-likeness (QED) is 0.574. The maximum absolute atomic E-state index is 12.6. The van der Waals surface area contributed by atoms with Crippen molar-refractivity contribution in [3.8, 4) is 0 Å². The van der Waals surface area contributed by atoms with E-state index in [1.165, 1.54) is 31.9 Å². The van der Waals surface area contributed by atoms with E-state index >= 15 is 0 Å². The van der Waals surface area contributed by atoms with Gasteiger partial charge in [-0.1, -0.05) is 44.2 Å². The number of aromatic nitrogens is 1. The summed E-state index contributed by atoms with van der Waals surface area (Å²) in [6.07, 6.45) is 10.6. The number of anilines is 1. The molecule has 1 aromatic heterocycles. The van der Waals surface area contributed by atoms with Crippen LogP contribution in [0.5, 0.6) is 0 Å². The van der Waals surface area contributed by atoms with Gasteiger partial charge in [0.05, 0.1) is 12.6 Å². The van der Waals surface area contributed by atoms with Crippen molar-refractivity contribution in [1.29, 1.82) is 0 Å². The molecule has 1 atom stereocenters. The van der Waals surface area contributed by atoms with Crippen molar-refractivity contribution in [2.45, 2.75) is 70.8 Å². The Morgan fingerprint density at radius 1 is 1.27 bits per heavy atom. The van der Waals surface area contributed by atoms with E-state index in [1.807, 2.05) is 0 Å². The van der Waals surface area contributed by atoms with Crippen molar-refractivity contribution in [3.63, 3.8) is 0 Å². The van der Waals surface area contributed by atoms with Crippen molar-refractivity contribution >= 4 is 17.6 Å². The van der Waals surface area contributed by atoms with Crippen LogP contribution in [0.15, 0.2) is 16.9 Å². The number of carbonyl (C=O) groups is 2. The highest BCUT2D eigenvalue weighted by Crippen LogP contribution is 2.15. The van der Waals surface area contributed by atoms with Crippen LogP contribution in [-0.4, -0.2) is 47.7 Å². The number of hydrogen-bond donors (Lipinski definition) is 1. The first-order chi connectivity index (χ1) is 12.7. The summed E-state index contributed by atoms with van der Waals surface area (Å²) in [4.78, 5) is 26.5. The number of amides is 2. The molecule has 7 heteroatoms. The average Bonchev–Trinajstić information content (AvgIpc) is 3.31. The third-order valence-electron chi connectivity index (χ3n) is 4.58. The molecule has 7 nitrogen and oxygen atoms in total. The Balaban J connectivity index is 1.79. The smallest absolute Gasteiger partial charge is 0.245 e. The topological polar surface area (TPSA) is 84.7 Å². The van der Waals surface area contributed by atoms with Gasteiger partial charge in [-0.15, -0.1) is 0 Å². The molecule has 1 unspecified atom stereocenters. The first-order valence-corrected chi connectivity index (χ1v) is 9.78. The normalized spacial score (nSPS) is 16.6. The summed E-state index contributed by atoms with van der Waals surface area (Å²) < 4.78 is 10.3. The standard InChI is InChI=1S/C19H31N3O4/c1-2-3-4-5-6-7-10-19(24)22(14-16-9-8-12-25-16)15-18(23)20-17-11-13-26-21-17/h11,13,16H,2-10,12,14-15H2,1H3,(H,20,21,23). The van der Waals surface area contributed by atoms with Gasteiger partial charge in [0.15, 0.2) is 5.82 Å². The molecule has 0 spiro atoms. The van der Waals surface area contributed by atoms with Gasteiger partial charge < -0.3 is 19.5 Å². The number of unbranched alkanes of at least 4 members (excludes halogenated alkanes) is 5. The fraction of sp³-hybridized carbons (Fsp3) is 0.737. The monoisotopic (exact) mass is 365 g/mol. The molecule has 1 N–H and O–H groups in total. The summed E-state index contributed by atoms with van der Waals surface area (Å²) in [6, 6.07) is 1.57. The Bertz CT molecular complexity index is 527. The van der Waals surface area contributed by atoms with E-state index < -0.39 is 0 Å². The van der Waals surface area contributed by atoms with Gasteiger partial charge in [-0.25, -0.2) is 0 Å². The lowest BCUT2D eigenvalue weighted by Crippen LogP contribution is -2.42. The van der Waals surface area contributed by atoms with Crippen LogP contribution in [-0.2, 0) is 14.3 Å². The summed E-state index contributed by atoms with van der Waals surface area (Å²) in [7, 11) is 0. The lowest BCUT2D eigenvalue weighted by atomic mass is 10.1. The lowest BCUT2D eigenvalue weighted by Gasteiger charge is -2.25. The van der Waals surface area contributed by atoms with Crippen LogP contribution < -0.4 is 5.32 Å². The van der Waals surface area contributed by atoms with Gasteiger partial charge >= 0.3 is 0 Å². The molecule has 1 fully saturated rings. The van der Waals surface area contributed by atoms with E-state index in [-0.39, 0.29) is 24.5 Å². The molecule has 1 aliphatic rings. The number of carbonyl (C=O) groups excluding carboxylic acids is 2. The molecule has 0 bridgehead atoms. The number of hydrogen-bond acceptors (Lipinski definition) is 5. The molecule has 2 rings (SSSR count). The number of ether oxygens (including phenoxy) is 1. The minimum Gasteiger partial charge on any atom is -0.376 e. The van der Waals surface area contributed by atoms with Crippen molar-refractivity contribution < 1.29 is 18.8 Å². The fourth-order valence-electron chi connectivity index (χ4n) is 3.14. The highest BCUT2D eigenvalue weighted by Gasteiger charge is 2.24. The van der Waals surface area contributed by atoms with E-state index in [0.717, 1.165) is 32.3 Å². The first-order valence-electron chi connectivity index (χ1n) is 9.78. The number of nitrogens with zero attached hydrogens (tertiary/aromatic N) is 2. The minimum absolute atomic E-state index is 0.0153. The van der Waals surface area contributed by atoms with Gasteiger partial charge in [0.1, 0.15) is 6.26 Å². The first kappa shape index (κ1) is 20.4. The summed E-state index contributed by atoms with van der Waals surface area (Å²) in [6.45, 7) is 3.41. The van der Waals surface area contributed by atoms with E-state index in [1.54, 1.807) is 11.0 Å². The van der Waals surface area contributed by atoms with Crippen LogP contribution in [0.3, 0.4) is 0 Å². The zero-order chi connectivity index (χ0) is 18.6. The molecule has 0 radical (unpaired) electrons. The molecule has 0 aliphatic carbocycles. The molecule has 146 valence electrons. The van der Waals surface area contributed by atoms with Gasteiger partial charge in [0, 0.05) is 25.6 Å². The summed E-state index contributed by atoms with van der Waals surface area (Å²) in [5.41, 5.74) is 0. The zero-order valence-corrected chi connectivity index (χ0v) is 15.7. The second kappa shape index (κ2) is 11.7. The van der Waals surface area contributed by atoms with Gasteiger partial charge in [-0.3, -0.25) is 9.59 Å². The molecule has 1 aromatic rings. The van der Waals surface area contributed by atoms with Crippen molar-refractivity contribution in [2.24, 2.45) is 0 Å². The van der Waals surface area contributed by atoms with Crippen LogP contribution in [0.2, 0.25) is 0 Å². The van der Waals surface area contributed by atoms with Crippen molar-refractivity contribution in [1.82, 2.24) is 10.1 Å². The third kappa shape index (κ3) is 7.56. The van der Waals surface area contributed by atoms with Crippen molar-refractivity contribution in [3.05, 3.63) is 12.3 Å². The van der Waals surface area contributed by atoms with Crippen LogP contribution in [0, 0.1) is 0 Å². The predicted octanol–water partition coefficient (Wildman–Crippen LogP) is 3.37. The zero-order valence-electron chi connectivity index (χ0n) is 15.7. The summed E-state index contributed by atoms with van der Waals surface area (Å²) in [5.74, 6) is 0.106. The summed E-state index contributed by atoms with van der Waals surface area (Å²) >= 11 is 0. The Kier molecular flexibility index (Phi) is 9.17. The van der Waals surface area contributed by atoms with Gasteiger partial charge in [-0.05, 0) is 19.3 Å². The predicted molar refractivity (Wildman–Crippen MR) is 98.7 cm³/mol. The third-order valence-corrected chi connectivity index (χ3v) is 4.58. The number of rotatable bonds is 12. The van der Waals surface area contributed by atoms with E-state index in [0.29, 0.717) is 18.8 Å². The lowest BCUT2D eigenvalue weighted by molar-refractivity contribution is -0.136. The van der Waals surface area contributed by atoms with Crippen LogP contribution in [0.1, 0.15) is 64.7 Å².